The number of fused-ring (bicyclic) bond motifs is 4. The van der Waals surface area contributed by atoms with Crippen LogP contribution in [0.3, 0.4) is 0 Å². The molecule has 33 heavy (non-hydrogen) atoms. The van der Waals surface area contributed by atoms with Crippen molar-refractivity contribution in [3.63, 3.8) is 0 Å². The van der Waals surface area contributed by atoms with E-state index in [-0.39, 0.29) is 23.7 Å². The fourth-order valence-electron chi connectivity index (χ4n) is 6.83. The molecular weight excluding hydrogens is 432 g/mol. The smallest absolute Gasteiger partial charge is 0.187 e. The number of benzene rings is 1. The SMILES string of the molecule is C=CC(=O)[C@]1(O)CCC2C3CC=C4CC(=O)CCC4=C3[C@@H](c3ccc(SC)cc3)OC[C@@]21C. The van der Waals surface area contributed by atoms with Crippen LogP contribution in [0.15, 0.2) is 64.6 Å². The maximum Gasteiger partial charge on any atom is 0.187 e. The lowest BCUT2D eigenvalue weighted by molar-refractivity contribution is -0.154. The molecule has 0 aromatic heterocycles. The molecule has 2 unspecified atom stereocenters. The Morgan fingerprint density at radius 2 is 2.03 bits per heavy atom. The number of ether oxygens (including phenoxy) is 1. The molecule has 174 valence electrons. The van der Waals surface area contributed by atoms with Gasteiger partial charge in [0.25, 0.3) is 0 Å². The second kappa shape index (κ2) is 8.37. The van der Waals surface area contributed by atoms with Gasteiger partial charge in [0.15, 0.2) is 5.78 Å². The van der Waals surface area contributed by atoms with Gasteiger partial charge < -0.3 is 9.84 Å². The van der Waals surface area contributed by atoms with Gasteiger partial charge in [-0.05, 0) is 84.3 Å². The van der Waals surface area contributed by atoms with Crippen LogP contribution in [0, 0.1) is 17.3 Å². The van der Waals surface area contributed by atoms with Gasteiger partial charge in [-0.3, -0.25) is 9.59 Å². The van der Waals surface area contributed by atoms with Gasteiger partial charge in [-0.2, -0.15) is 0 Å². The van der Waals surface area contributed by atoms with E-state index in [4.69, 9.17) is 4.74 Å². The lowest BCUT2D eigenvalue weighted by Gasteiger charge is -2.43. The van der Waals surface area contributed by atoms with Crippen molar-refractivity contribution in [2.45, 2.75) is 62.0 Å². The molecule has 1 N–H and O–H groups in total. The Kier molecular flexibility index (Phi) is 5.79. The molecule has 5 heteroatoms. The molecule has 0 bridgehead atoms. The number of rotatable bonds is 4. The summed E-state index contributed by atoms with van der Waals surface area (Å²) in [6, 6.07) is 8.52. The molecule has 1 saturated heterocycles. The topological polar surface area (TPSA) is 63.6 Å². The number of ketones is 2. The molecule has 1 heterocycles. The summed E-state index contributed by atoms with van der Waals surface area (Å²) in [6.45, 7) is 6.00. The summed E-state index contributed by atoms with van der Waals surface area (Å²) in [5.41, 5.74) is 2.66. The monoisotopic (exact) mass is 464 g/mol. The number of aliphatic hydroxyl groups is 1. The summed E-state index contributed by atoms with van der Waals surface area (Å²) in [6.07, 6.45) is 9.20. The first-order chi connectivity index (χ1) is 15.8. The van der Waals surface area contributed by atoms with Gasteiger partial charge in [0.2, 0.25) is 0 Å². The Bertz CT molecular complexity index is 1070. The van der Waals surface area contributed by atoms with Crippen LogP contribution in [0.25, 0.3) is 0 Å². The molecule has 4 aliphatic rings. The number of hydrogen-bond donors (Lipinski definition) is 1. The maximum atomic E-state index is 12.9. The van der Waals surface area contributed by atoms with Crippen molar-refractivity contribution in [2.24, 2.45) is 17.3 Å². The molecule has 5 rings (SSSR count). The van der Waals surface area contributed by atoms with Crippen LogP contribution < -0.4 is 0 Å². The molecule has 0 spiro atoms. The van der Waals surface area contributed by atoms with E-state index in [2.05, 4.69) is 43.2 Å². The van der Waals surface area contributed by atoms with Gasteiger partial charge in [-0.1, -0.05) is 31.7 Å². The zero-order valence-electron chi connectivity index (χ0n) is 19.4. The van der Waals surface area contributed by atoms with E-state index < -0.39 is 11.0 Å². The zero-order chi connectivity index (χ0) is 23.4. The van der Waals surface area contributed by atoms with Gasteiger partial charge in [-0.15, -0.1) is 11.8 Å². The average Bonchev–Trinajstić information content (AvgIpc) is 3.01. The van der Waals surface area contributed by atoms with Gasteiger partial charge in [0, 0.05) is 23.2 Å². The van der Waals surface area contributed by atoms with Crippen LogP contribution in [0.1, 0.15) is 57.1 Å². The minimum absolute atomic E-state index is 0.125. The maximum absolute atomic E-state index is 12.9. The molecule has 2 saturated carbocycles. The Morgan fingerprint density at radius 1 is 1.27 bits per heavy atom. The molecule has 3 fully saturated rings. The standard InChI is InChI=1S/C28H32O4S/c1-4-24(30)28(31)14-13-23-22-11-7-18-15-19(29)8-12-21(18)25(22)26(32-16-27(23,28)2)17-5-9-20(33-3)10-6-17/h4-7,9-10,22-23,26,31H,1,8,11-16H2,2-3H3/t22?,23?,26-,27+,28-/m1/s1. The van der Waals surface area contributed by atoms with Crippen LogP contribution >= 0.6 is 11.8 Å². The zero-order valence-corrected chi connectivity index (χ0v) is 20.2. The van der Waals surface area contributed by atoms with Crippen molar-refractivity contribution in [3.05, 3.63) is 65.3 Å². The Balaban J connectivity index is 1.65. The summed E-state index contributed by atoms with van der Waals surface area (Å²) in [7, 11) is 0. The summed E-state index contributed by atoms with van der Waals surface area (Å²) in [5, 5.41) is 11.6. The van der Waals surface area contributed by atoms with E-state index in [0.29, 0.717) is 31.7 Å². The van der Waals surface area contributed by atoms with Gasteiger partial charge in [-0.25, -0.2) is 0 Å². The molecule has 1 aromatic carbocycles. The Morgan fingerprint density at radius 3 is 2.73 bits per heavy atom. The predicted octanol–water partition coefficient (Wildman–Crippen LogP) is 5.38. The van der Waals surface area contributed by atoms with Gasteiger partial charge >= 0.3 is 0 Å². The number of thioether (sulfide) groups is 1. The predicted molar refractivity (Wildman–Crippen MR) is 130 cm³/mol. The normalized spacial score (nSPS) is 35.8. The highest BCUT2D eigenvalue weighted by atomic mass is 32.2. The van der Waals surface area contributed by atoms with Crippen LogP contribution in [-0.2, 0) is 14.3 Å². The highest BCUT2D eigenvalue weighted by molar-refractivity contribution is 7.98. The quantitative estimate of drug-likeness (QED) is 0.479. The third-order valence-corrected chi connectivity index (χ3v) is 9.45. The van der Waals surface area contributed by atoms with Crippen LogP contribution in [0.2, 0.25) is 0 Å². The van der Waals surface area contributed by atoms with E-state index >= 15 is 0 Å². The molecule has 1 aliphatic heterocycles. The highest BCUT2D eigenvalue weighted by Gasteiger charge is 2.63. The molecule has 0 amide bonds. The second-order valence-electron chi connectivity index (χ2n) is 10.2. The first-order valence-electron chi connectivity index (χ1n) is 11.9. The molecule has 0 radical (unpaired) electrons. The molecule has 4 nitrogen and oxygen atoms in total. The minimum Gasteiger partial charge on any atom is -0.381 e. The van der Waals surface area contributed by atoms with Crippen molar-refractivity contribution in [1.82, 2.24) is 0 Å². The number of allylic oxidation sites excluding steroid dienone is 3. The third-order valence-electron chi connectivity index (χ3n) is 8.71. The summed E-state index contributed by atoms with van der Waals surface area (Å²) in [5.74, 6) is 0.306. The number of carbonyl (C=O) groups is 2. The van der Waals surface area contributed by atoms with Gasteiger partial charge in [0.1, 0.15) is 17.5 Å². The van der Waals surface area contributed by atoms with Crippen LogP contribution in [0.5, 0.6) is 0 Å². The van der Waals surface area contributed by atoms with Gasteiger partial charge in [0.05, 0.1) is 6.61 Å². The summed E-state index contributed by atoms with van der Waals surface area (Å²) >= 11 is 1.71. The fourth-order valence-corrected chi connectivity index (χ4v) is 7.24. The van der Waals surface area contributed by atoms with Crippen molar-refractivity contribution >= 4 is 23.3 Å². The van der Waals surface area contributed by atoms with E-state index in [1.807, 2.05) is 6.92 Å². The lowest BCUT2D eigenvalue weighted by Crippen LogP contribution is -2.53. The Hall–Kier alpha value is -1.95. The molecular formula is C28H32O4S. The van der Waals surface area contributed by atoms with E-state index in [1.165, 1.54) is 22.1 Å². The number of Topliss-reactive ketones (excluding diaryl/α,β-unsaturated/α-hetero) is 1. The summed E-state index contributed by atoms with van der Waals surface area (Å²) in [4.78, 5) is 26.3. The van der Waals surface area contributed by atoms with Crippen LogP contribution in [-0.4, -0.2) is 35.1 Å². The highest BCUT2D eigenvalue weighted by Crippen LogP contribution is 2.61. The summed E-state index contributed by atoms with van der Waals surface area (Å²) < 4.78 is 6.69. The third kappa shape index (κ3) is 3.43. The molecule has 3 aliphatic carbocycles. The second-order valence-corrected chi connectivity index (χ2v) is 11.1. The fraction of sp³-hybridized carbons (Fsp3) is 0.500. The largest absolute Gasteiger partial charge is 0.381 e. The number of hydrogen-bond acceptors (Lipinski definition) is 5. The Labute approximate surface area is 200 Å². The van der Waals surface area contributed by atoms with E-state index in [1.54, 1.807) is 11.8 Å². The van der Waals surface area contributed by atoms with Crippen molar-refractivity contribution < 1.29 is 19.4 Å². The first kappa shape index (κ1) is 22.8. The van der Waals surface area contributed by atoms with Crippen molar-refractivity contribution in [3.8, 4) is 0 Å². The van der Waals surface area contributed by atoms with E-state index in [9.17, 15) is 14.7 Å². The van der Waals surface area contributed by atoms with Crippen molar-refractivity contribution in [2.75, 3.05) is 12.9 Å². The number of carbonyl (C=O) groups excluding carboxylic acids is 2. The minimum atomic E-state index is -1.46. The molecule has 5 atom stereocenters. The molecule has 1 aromatic rings. The lowest BCUT2D eigenvalue weighted by atomic mass is 9.61. The van der Waals surface area contributed by atoms with Crippen molar-refractivity contribution in [1.29, 1.82) is 0 Å². The van der Waals surface area contributed by atoms with E-state index in [0.717, 1.165) is 30.4 Å². The average molecular weight is 465 g/mol. The first-order valence-corrected chi connectivity index (χ1v) is 13.1. The van der Waals surface area contributed by atoms with Crippen LogP contribution in [0.4, 0.5) is 0 Å².